The van der Waals surface area contributed by atoms with E-state index in [0.717, 1.165) is 5.69 Å². The van der Waals surface area contributed by atoms with Gasteiger partial charge in [0, 0.05) is 36.8 Å². The van der Waals surface area contributed by atoms with Crippen molar-refractivity contribution in [2.75, 3.05) is 31.7 Å². The summed E-state index contributed by atoms with van der Waals surface area (Å²) in [5.41, 5.74) is 0.823. The summed E-state index contributed by atoms with van der Waals surface area (Å²) in [5.74, 6) is 1.16. The van der Waals surface area contributed by atoms with Gasteiger partial charge < -0.3 is 14.2 Å². The molecule has 0 spiro atoms. The van der Waals surface area contributed by atoms with Crippen LogP contribution in [0.15, 0.2) is 28.8 Å². The molecule has 0 bridgehead atoms. The molecule has 134 valence electrons. The van der Waals surface area contributed by atoms with Crippen LogP contribution in [0.5, 0.6) is 0 Å². The van der Waals surface area contributed by atoms with E-state index in [0.29, 0.717) is 49.4 Å². The van der Waals surface area contributed by atoms with Crippen molar-refractivity contribution in [1.29, 1.82) is 0 Å². The molecule has 2 heterocycles. The summed E-state index contributed by atoms with van der Waals surface area (Å²) in [6.45, 7) is 3.96. The topological polar surface area (TPSA) is 71.7 Å². The summed E-state index contributed by atoms with van der Waals surface area (Å²) in [6, 6.07) is 7.51. The van der Waals surface area contributed by atoms with Crippen molar-refractivity contribution < 1.29 is 14.1 Å². The minimum Gasteiger partial charge on any atom is -0.384 e. The van der Waals surface area contributed by atoms with Crippen LogP contribution in [0.25, 0.3) is 0 Å². The maximum atomic E-state index is 12.6. The number of amides is 1. The summed E-state index contributed by atoms with van der Waals surface area (Å²) < 4.78 is 10.3. The molecule has 1 atom stereocenters. The van der Waals surface area contributed by atoms with Crippen molar-refractivity contribution >= 4 is 23.2 Å². The molecule has 0 unspecified atom stereocenters. The SMILES string of the molecule is COCCc1noc(CN2CC(=O)N(c3cccc(Cl)c3)C[C@@H]2C)n1. The third kappa shape index (κ3) is 4.36. The highest BCUT2D eigenvalue weighted by molar-refractivity contribution is 6.30. The number of aromatic nitrogens is 2. The fraction of sp³-hybridized carbons (Fsp3) is 0.471. The van der Waals surface area contributed by atoms with Crippen LogP contribution < -0.4 is 4.90 Å². The summed E-state index contributed by atoms with van der Waals surface area (Å²) in [4.78, 5) is 20.7. The lowest BCUT2D eigenvalue weighted by atomic mass is 10.1. The number of methoxy groups -OCH3 is 1. The molecule has 1 saturated heterocycles. The first-order chi connectivity index (χ1) is 12.1. The molecule has 1 aliphatic rings. The Labute approximate surface area is 151 Å². The normalized spacial score (nSPS) is 18.8. The molecule has 25 heavy (non-hydrogen) atoms. The zero-order chi connectivity index (χ0) is 17.8. The Morgan fingerprint density at radius 1 is 1.44 bits per heavy atom. The Morgan fingerprint density at radius 3 is 3.04 bits per heavy atom. The average molecular weight is 365 g/mol. The van der Waals surface area contributed by atoms with Crippen molar-refractivity contribution in [2.45, 2.75) is 25.9 Å². The molecule has 3 rings (SSSR count). The first-order valence-corrected chi connectivity index (χ1v) is 8.55. The van der Waals surface area contributed by atoms with E-state index in [4.69, 9.17) is 20.9 Å². The van der Waals surface area contributed by atoms with Gasteiger partial charge in [0.25, 0.3) is 0 Å². The van der Waals surface area contributed by atoms with Crippen molar-refractivity contribution in [3.05, 3.63) is 41.0 Å². The number of hydrogen-bond acceptors (Lipinski definition) is 6. The van der Waals surface area contributed by atoms with Gasteiger partial charge in [0.15, 0.2) is 5.82 Å². The van der Waals surface area contributed by atoms with E-state index >= 15 is 0 Å². The predicted molar refractivity (Wildman–Crippen MR) is 93.6 cm³/mol. The minimum absolute atomic E-state index is 0.0273. The maximum Gasteiger partial charge on any atom is 0.241 e. The zero-order valence-electron chi connectivity index (χ0n) is 14.3. The fourth-order valence-electron chi connectivity index (χ4n) is 2.82. The number of nitrogens with zero attached hydrogens (tertiary/aromatic N) is 4. The monoisotopic (exact) mass is 364 g/mol. The number of carbonyl (C=O) groups is 1. The van der Waals surface area contributed by atoms with Crippen LogP contribution in [-0.4, -0.2) is 53.8 Å². The average Bonchev–Trinajstić information content (AvgIpc) is 3.03. The van der Waals surface area contributed by atoms with E-state index in [1.165, 1.54) is 0 Å². The molecule has 8 heteroatoms. The number of rotatable bonds is 6. The third-order valence-corrected chi connectivity index (χ3v) is 4.44. The largest absolute Gasteiger partial charge is 0.384 e. The van der Waals surface area contributed by atoms with E-state index in [1.807, 2.05) is 23.1 Å². The van der Waals surface area contributed by atoms with Gasteiger partial charge in [-0.15, -0.1) is 0 Å². The van der Waals surface area contributed by atoms with Crippen molar-refractivity contribution in [1.82, 2.24) is 15.0 Å². The number of piperazine rings is 1. The van der Waals surface area contributed by atoms with Crippen LogP contribution in [0.1, 0.15) is 18.6 Å². The summed E-state index contributed by atoms with van der Waals surface area (Å²) >= 11 is 6.04. The van der Waals surface area contributed by atoms with Crippen LogP contribution in [0.3, 0.4) is 0 Å². The Bertz CT molecular complexity index is 736. The Hall–Kier alpha value is -1.96. The Balaban J connectivity index is 1.64. The summed E-state index contributed by atoms with van der Waals surface area (Å²) in [7, 11) is 1.63. The van der Waals surface area contributed by atoms with Crippen molar-refractivity contribution in [2.24, 2.45) is 0 Å². The number of ether oxygens (including phenoxy) is 1. The van der Waals surface area contributed by atoms with Crippen LogP contribution in [0, 0.1) is 0 Å². The molecule has 0 N–H and O–H groups in total. The van der Waals surface area contributed by atoms with E-state index < -0.39 is 0 Å². The smallest absolute Gasteiger partial charge is 0.241 e. The van der Waals surface area contributed by atoms with Gasteiger partial charge in [-0.25, -0.2) is 0 Å². The van der Waals surface area contributed by atoms with Gasteiger partial charge in [0.2, 0.25) is 11.8 Å². The van der Waals surface area contributed by atoms with Crippen molar-refractivity contribution in [3.63, 3.8) is 0 Å². The molecule has 1 aromatic heterocycles. The first kappa shape index (κ1) is 17.8. The quantitative estimate of drug-likeness (QED) is 0.782. The number of hydrogen-bond donors (Lipinski definition) is 0. The Kier molecular flexibility index (Phi) is 5.67. The van der Waals surface area contributed by atoms with Crippen LogP contribution >= 0.6 is 11.6 Å². The second kappa shape index (κ2) is 7.95. The standard InChI is InChI=1S/C17H21ClN4O3/c1-12-9-22(14-5-3-4-13(18)8-14)17(23)11-21(12)10-16-19-15(20-25-16)6-7-24-2/h3-5,8,12H,6-7,9-11H2,1-2H3/t12-/m0/s1. The van der Waals surface area contributed by atoms with Gasteiger partial charge in [-0.1, -0.05) is 22.8 Å². The molecule has 1 amide bonds. The predicted octanol–water partition coefficient (Wildman–Crippen LogP) is 2.15. The molecule has 2 aromatic rings. The summed E-state index contributed by atoms with van der Waals surface area (Å²) in [5, 5.41) is 4.55. The molecule has 0 radical (unpaired) electrons. The van der Waals surface area contributed by atoms with Gasteiger partial charge in [-0.2, -0.15) is 4.98 Å². The lowest BCUT2D eigenvalue weighted by Crippen LogP contribution is -2.54. The summed E-state index contributed by atoms with van der Waals surface area (Å²) in [6.07, 6.45) is 0.608. The number of halogens is 1. The Morgan fingerprint density at radius 2 is 2.28 bits per heavy atom. The molecule has 0 saturated carbocycles. The molecule has 1 fully saturated rings. The third-order valence-electron chi connectivity index (χ3n) is 4.21. The first-order valence-electron chi connectivity index (χ1n) is 8.17. The highest BCUT2D eigenvalue weighted by Crippen LogP contribution is 2.24. The van der Waals surface area contributed by atoms with Crippen LogP contribution in [-0.2, 0) is 22.5 Å². The number of benzene rings is 1. The highest BCUT2D eigenvalue weighted by atomic mass is 35.5. The number of anilines is 1. The van der Waals surface area contributed by atoms with Gasteiger partial charge in [0.05, 0.1) is 19.7 Å². The van der Waals surface area contributed by atoms with Crippen LogP contribution in [0.2, 0.25) is 5.02 Å². The minimum atomic E-state index is 0.0273. The number of carbonyl (C=O) groups excluding carboxylic acids is 1. The van der Waals surface area contributed by atoms with E-state index in [9.17, 15) is 4.79 Å². The zero-order valence-corrected chi connectivity index (χ0v) is 15.1. The van der Waals surface area contributed by atoms with Crippen molar-refractivity contribution in [3.8, 4) is 0 Å². The highest BCUT2D eigenvalue weighted by Gasteiger charge is 2.31. The maximum absolute atomic E-state index is 12.6. The lowest BCUT2D eigenvalue weighted by molar-refractivity contribution is -0.122. The van der Waals surface area contributed by atoms with Gasteiger partial charge >= 0.3 is 0 Å². The van der Waals surface area contributed by atoms with E-state index in [-0.39, 0.29) is 11.9 Å². The van der Waals surface area contributed by atoms with E-state index in [1.54, 1.807) is 18.1 Å². The van der Waals surface area contributed by atoms with Gasteiger partial charge in [-0.05, 0) is 25.1 Å². The molecule has 7 nitrogen and oxygen atoms in total. The molecule has 1 aromatic carbocycles. The molecule has 0 aliphatic carbocycles. The second-order valence-electron chi connectivity index (χ2n) is 6.09. The fourth-order valence-corrected chi connectivity index (χ4v) is 3.01. The van der Waals surface area contributed by atoms with E-state index in [2.05, 4.69) is 17.1 Å². The van der Waals surface area contributed by atoms with Crippen LogP contribution in [0.4, 0.5) is 5.69 Å². The molecular formula is C17H21ClN4O3. The van der Waals surface area contributed by atoms with Gasteiger partial charge in [0.1, 0.15) is 0 Å². The van der Waals surface area contributed by atoms with Gasteiger partial charge in [-0.3, -0.25) is 9.69 Å². The lowest BCUT2D eigenvalue weighted by Gasteiger charge is -2.38. The molecule has 1 aliphatic heterocycles. The molecular weight excluding hydrogens is 344 g/mol. The second-order valence-corrected chi connectivity index (χ2v) is 6.52.